The fraction of sp³-hybridized carbons (Fsp3) is 1.00. The normalized spacial score (nSPS) is 49.5. The van der Waals surface area contributed by atoms with E-state index in [9.17, 15) is 0 Å². The lowest BCUT2D eigenvalue weighted by Crippen LogP contribution is -2.53. The summed E-state index contributed by atoms with van der Waals surface area (Å²) in [6.45, 7) is 14.5. The van der Waals surface area contributed by atoms with Crippen molar-refractivity contribution in [3.8, 4) is 0 Å². The molecule has 40 heavy (non-hydrogen) atoms. The van der Waals surface area contributed by atoms with Gasteiger partial charge in [0.1, 0.15) is 0 Å². The second-order valence-electron chi connectivity index (χ2n) is 13.7. The molecule has 4 bridgehead atoms. The number of ether oxygens (including phenoxy) is 7. The summed E-state index contributed by atoms with van der Waals surface area (Å²) in [7, 11) is 0. The second-order valence-corrected chi connectivity index (χ2v) is 13.7. The Morgan fingerprint density at radius 3 is 1.18 bits per heavy atom. The first-order valence-electron chi connectivity index (χ1n) is 16.4. The van der Waals surface area contributed by atoms with Crippen molar-refractivity contribution in [1.82, 2.24) is 9.80 Å². The molecule has 9 nitrogen and oxygen atoms in total. The summed E-state index contributed by atoms with van der Waals surface area (Å²) >= 11 is 0. The van der Waals surface area contributed by atoms with Gasteiger partial charge in [-0.3, -0.25) is 9.80 Å². The molecule has 4 aliphatic heterocycles. The van der Waals surface area contributed by atoms with Crippen LogP contribution in [0.1, 0.15) is 19.3 Å². The zero-order chi connectivity index (χ0) is 26.6. The van der Waals surface area contributed by atoms with Crippen LogP contribution in [0.5, 0.6) is 0 Å². The van der Waals surface area contributed by atoms with Crippen LogP contribution in [-0.4, -0.2) is 140 Å². The molecule has 5 saturated carbocycles. The Bertz CT molecular complexity index is 800. The molecule has 5 aliphatic carbocycles. The van der Waals surface area contributed by atoms with Gasteiger partial charge in [0.25, 0.3) is 0 Å². The van der Waals surface area contributed by atoms with Crippen molar-refractivity contribution < 1.29 is 33.2 Å². The lowest BCUT2D eigenvalue weighted by Gasteiger charge is -2.48. The van der Waals surface area contributed by atoms with E-state index in [0.29, 0.717) is 52.9 Å². The minimum atomic E-state index is 0.139. The molecule has 10 atom stereocenters. The molecule has 0 amide bonds. The highest BCUT2D eigenvalue weighted by molar-refractivity contribution is 5.43. The predicted molar refractivity (Wildman–Crippen MR) is 146 cm³/mol. The highest BCUT2D eigenvalue weighted by Crippen LogP contribution is 2.93. The van der Waals surface area contributed by atoms with Crippen molar-refractivity contribution in [3.05, 3.63) is 0 Å². The molecule has 226 valence electrons. The van der Waals surface area contributed by atoms with E-state index in [1.807, 2.05) is 0 Å². The number of rotatable bonds is 6. The van der Waals surface area contributed by atoms with Crippen molar-refractivity contribution in [2.75, 3.05) is 119 Å². The van der Waals surface area contributed by atoms with E-state index in [0.717, 1.165) is 113 Å². The Morgan fingerprint density at radius 1 is 0.450 bits per heavy atom. The van der Waals surface area contributed by atoms with E-state index >= 15 is 0 Å². The molecular weight excluding hydrogens is 512 g/mol. The SMILES string of the molecule is C1COCCN(CCC23OC4(CCN5CCOCCOCCOCC5)C5C6CC(C7C6C4C72)C53)CCOCCO1. The van der Waals surface area contributed by atoms with Crippen LogP contribution < -0.4 is 0 Å². The lowest BCUT2D eigenvalue weighted by molar-refractivity contribution is -0.0877. The second kappa shape index (κ2) is 11.3. The third-order valence-corrected chi connectivity index (χ3v) is 12.5. The van der Waals surface area contributed by atoms with E-state index in [2.05, 4.69) is 9.80 Å². The molecule has 0 aromatic carbocycles. The van der Waals surface area contributed by atoms with Crippen LogP contribution in [0.25, 0.3) is 0 Å². The summed E-state index contributed by atoms with van der Waals surface area (Å²) in [6, 6.07) is 0. The molecule has 4 heterocycles. The molecule has 9 heteroatoms. The van der Waals surface area contributed by atoms with Gasteiger partial charge < -0.3 is 33.2 Å². The van der Waals surface area contributed by atoms with Gasteiger partial charge in [-0.1, -0.05) is 0 Å². The summed E-state index contributed by atoms with van der Waals surface area (Å²) < 4.78 is 42.2. The van der Waals surface area contributed by atoms with Crippen LogP contribution >= 0.6 is 0 Å². The van der Waals surface area contributed by atoms with Crippen LogP contribution in [0.15, 0.2) is 0 Å². The highest BCUT2D eigenvalue weighted by Gasteiger charge is 2.96. The van der Waals surface area contributed by atoms with Gasteiger partial charge in [-0.15, -0.1) is 0 Å². The zero-order valence-corrected chi connectivity index (χ0v) is 24.2. The molecule has 10 unspecified atom stereocenters. The first kappa shape index (κ1) is 27.2. The minimum Gasteiger partial charge on any atom is -0.378 e. The fourth-order valence-corrected chi connectivity index (χ4v) is 11.5. The van der Waals surface area contributed by atoms with Gasteiger partial charge >= 0.3 is 0 Å². The third-order valence-electron chi connectivity index (χ3n) is 12.5. The van der Waals surface area contributed by atoms with Crippen LogP contribution in [0.2, 0.25) is 0 Å². The van der Waals surface area contributed by atoms with E-state index in [-0.39, 0.29) is 11.2 Å². The largest absolute Gasteiger partial charge is 0.378 e. The molecule has 0 aromatic rings. The van der Waals surface area contributed by atoms with E-state index in [1.54, 1.807) is 0 Å². The molecule has 0 radical (unpaired) electrons. The van der Waals surface area contributed by atoms with Gasteiger partial charge in [-0.05, 0) is 66.6 Å². The Balaban J connectivity index is 0.937. The monoisotopic (exact) mass is 562 g/mol. The van der Waals surface area contributed by atoms with E-state index in [4.69, 9.17) is 33.2 Å². The molecule has 0 aromatic heterocycles. The van der Waals surface area contributed by atoms with Gasteiger partial charge in [0.05, 0.1) is 90.5 Å². The number of hydrogen-bond donors (Lipinski definition) is 0. The quantitative estimate of drug-likeness (QED) is 0.478. The van der Waals surface area contributed by atoms with Crippen LogP contribution in [0.3, 0.4) is 0 Å². The summed E-state index contributed by atoms with van der Waals surface area (Å²) in [4.78, 5) is 5.17. The summed E-state index contributed by atoms with van der Waals surface area (Å²) in [5.41, 5.74) is 0.277. The summed E-state index contributed by atoms with van der Waals surface area (Å²) in [6.07, 6.45) is 3.89. The molecule has 0 spiro atoms. The zero-order valence-electron chi connectivity index (χ0n) is 24.2. The molecular formula is C31H50N2O7. The van der Waals surface area contributed by atoms with Crippen LogP contribution in [0, 0.1) is 47.3 Å². The lowest BCUT2D eigenvalue weighted by atomic mass is 9.54. The summed E-state index contributed by atoms with van der Waals surface area (Å²) in [5, 5.41) is 0. The van der Waals surface area contributed by atoms with Crippen LogP contribution in [-0.2, 0) is 33.2 Å². The van der Waals surface area contributed by atoms with Gasteiger partial charge in [0.15, 0.2) is 0 Å². The molecule has 0 N–H and O–H groups in total. The van der Waals surface area contributed by atoms with Gasteiger partial charge in [0, 0.05) is 39.3 Å². The number of hydrogen-bond acceptors (Lipinski definition) is 9. The third kappa shape index (κ3) is 4.20. The maximum atomic E-state index is 7.59. The average Bonchev–Trinajstić information content (AvgIpc) is 3.61. The van der Waals surface area contributed by atoms with E-state index in [1.165, 1.54) is 19.3 Å². The predicted octanol–water partition coefficient (Wildman–Crippen LogP) is 1.39. The first-order valence-corrected chi connectivity index (χ1v) is 16.4. The van der Waals surface area contributed by atoms with Gasteiger partial charge in [0.2, 0.25) is 0 Å². The van der Waals surface area contributed by atoms with Crippen molar-refractivity contribution in [1.29, 1.82) is 0 Å². The van der Waals surface area contributed by atoms with Gasteiger partial charge in [-0.25, -0.2) is 0 Å². The van der Waals surface area contributed by atoms with Crippen molar-refractivity contribution in [2.45, 2.75) is 30.5 Å². The topological polar surface area (TPSA) is 71.1 Å². The Hall–Kier alpha value is -0.360. The smallest absolute Gasteiger partial charge is 0.0771 e. The van der Waals surface area contributed by atoms with Crippen LogP contribution in [0.4, 0.5) is 0 Å². The molecule has 9 aliphatic rings. The Labute approximate surface area is 239 Å². The highest BCUT2D eigenvalue weighted by atomic mass is 16.6. The Morgan fingerprint density at radius 2 is 0.800 bits per heavy atom. The maximum absolute atomic E-state index is 7.59. The van der Waals surface area contributed by atoms with Crippen molar-refractivity contribution >= 4 is 0 Å². The first-order chi connectivity index (χ1) is 19.8. The van der Waals surface area contributed by atoms with E-state index < -0.39 is 0 Å². The van der Waals surface area contributed by atoms with Gasteiger partial charge in [-0.2, -0.15) is 0 Å². The average molecular weight is 563 g/mol. The summed E-state index contributed by atoms with van der Waals surface area (Å²) in [5.74, 6) is 7.14. The maximum Gasteiger partial charge on any atom is 0.0771 e. The van der Waals surface area contributed by atoms with Crippen molar-refractivity contribution in [3.63, 3.8) is 0 Å². The fourth-order valence-electron chi connectivity index (χ4n) is 11.5. The molecule has 4 saturated heterocycles. The molecule has 9 rings (SSSR count). The minimum absolute atomic E-state index is 0.139. The standard InChI is InChI=1S/C31H50N2O7/c1(3-32-5-9-34-13-17-38-18-14-35-10-6-32)30-26-22-21-23-25-24(22)28(30)29(25)31(40-30,27(23)26)2-4-33-7-11-36-15-19-39-20-16-37-12-8-33/h22-29H,1-21H2. The molecule has 9 fully saturated rings. The Kier molecular flexibility index (Phi) is 7.68. The van der Waals surface area contributed by atoms with Crippen molar-refractivity contribution in [2.24, 2.45) is 47.3 Å². The number of nitrogens with zero attached hydrogens (tertiary/aromatic N) is 2.